The van der Waals surface area contributed by atoms with E-state index in [0.29, 0.717) is 50.3 Å². The Morgan fingerprint density at radius 2 is 1.41 bits per heavy atom. The molecular weight excluding hydrogens is 514 g/mol. The lowest BCUT2D eigenvalue weighted by atomic mass is 9.81. The summed E-state index contributed by atoms with van der Waals surface area (Å²) in [6, 6.07) is 30.8. The number of hydrogen-bond acceptors (Lipinski definition) is 7. The minimum Gasteiger partial charge on any atom is -0.507 e. The van der Waals surface area contributed by atoms with Gasteiger partial charge in [0.25, 0.3) is 0 Å². The number of phenols is 2. The highest BCUT2D eigenvalue weighted by atomic mass is 16.5. The first-order chi connectivity index (χ1) is 20.0. The van der Waals surface area contributed by atoms with E-state index in [4.69, 9.17) is 4.74 Å². The smallest absolute Gasteiger partial charge is 0.196 e. The van der Waals surface area contributed by atoms with Gasteiger partial charge in [0.05, 0.1) is 16.8 Å². The zero-order valence-electron chi connectivity index (χ0n) is 21.9. The number of nitrogens with one attached hydrogen (secondary N) is 1. The molecule has 0 unspecified atom stereocenters. The number of ketones is 1. The number of carbonyl (C=O) groups excluding carboxylic acids is 1. The van der Waals surface area contributed by atoms with E-state index in [1.54, 1.807) is 18.2 Å². The Morgan fingerprint density at radius 3 is 2.17 bits per heavy atom. The van der Waals surface area contributed by atoms with E-state index in [9.17, 15) is 15.0 Å². The van der Waals surface area contributed by atoms with Crippen LogP contribution in [0, 0.1) is 6.92 Å². The number of ether oxygens (including phenoxy) is 1. The lowest BCUT2D eigenvalue weighted by molar-refractivity contribution is 0.104. The number of hydrogen-bond donors (Lipinski definition) is 3. The molecule has 7 heteroatoms. The fourth-order valence-electron chi connectivity index (χ4n) is 5.40. The number of aryl methyl sites for hydroxylation is 1. The number of aromatic nitrogens is 2. The molecule has 3 N–H and O–H groups in total. The highest BCUT2D eigenvalue weighted by Crippen LogP contribution is 2.51. The summed E-state index contributed by atoms with van der Waals surface area (Å²) in [4.78, 5) is 14.2. The number of para-hydroxylation sites is 1. The average Bonchev–Trinajstić information content (AvgIpc) is 2.97. The number of nitrogens with zero attached hydrogens (tertiary/aromatic N) is 2. The average molecular weight is 538 g/mol. The molecule has 1 heterocycles. The van der Waals surface area contributed by atoms with E-state index in [2.05, 4.69) is 15.5 Å². The Bertz CT molecular complexity index is 1980. The number of phenolic OH excluding ortho intramolecular Hbond substituents is 2. The summed E-state index contributed by atoms with van der Waals surface area (Å²) in [5.74, 6) is 0.529. The van der Waals surface area contributed by atoms with E-state index in [-0.39, 0.29) is 28.5 Å². The first kappa shape index (κ1) is 24.4. The van der Waals surface area contributed by atoms with E-state index >= 15 is 0 Å². The van der Waals surface area contributed by atoms with Crippen molar-refractivity contribution in [3.63, 3.8) is 0 Å². The monoisotopic (exact) mass is 537 g/mol. The quantitative estimate of drug-likeness (QED) is 0.206. The number of rotatable bonds is 5. The molecule has 0 atom stereocenters. The zero-order valence-corrected chi connectivity index (χ0v) is 21.9. The van der Waals surface area contributed by atoms with Crippen LogP contribution >= 0.6 is 0 Å². The maximum atomic E-state index is 14.2. The molecule has 0 spiro atoms. The summed E-state index contributed by atoms with van der Waals surface area (Å²) in [5.41, 5.74) is 5.21. The second-order valence-corrected chi connectivity index (χ2v) is 9.90. The molecule has 5 aromatic carbocycles. The molecule has 41 heavy (non-hydrogen) atoms. The van der Waals surface area contributed by atoms with Crippen LogP contribution in [-0.2, 0) is 0 Å². The largest absolute Gasteiger partial charge is 0.507 e. The molecule has 7 nitrogen and oxygen atoms in total. The maximum absolute atomic E-state index is 14.2. The van der Waals surface area contributed by atoms with E-state index in [0.717, 1.165) is 11.3 Å². The van der Waals surface area contributed by atoms with Crippen molar-refractivity contribution >= 4 is 28.1 Å². The standard InChI is InChI=1S/C34H23N3O4/c1-19-9-7-12-21(17-19)41-27-18-24(35-20-10-3-2-4-11-20)29-31-28(22-13-5-6-14-23(22)34(29)40)33(37-36-32(27)31)30-25(38)15-8-16-26(30)39/h2-18,35,38-39H,1H3. The second-order valence-electron chi connectivity index (χ2n) is 9.90. The predicted molar refractivity (Wildman–Crippen MR) is 158 cm³/mol. The molecule has 0 amide bonds. The molecule has 7 rings (SSSR count). The van der Waals surface area contributed by atoms with Gasteiger partial charge in [-0.15, -0.1) is 10.2 Å². The predicted octanol–water partition coefficient (Wildman–Crippen LogP) is 7.76. The highest BCUT2D eigenvalue weighted by Gasteiger charge is 2.34. The summed E-state index contributed by atoms with van der Waals surface area (Å²) in [6.45, 7) is 1.98. The van der Waals surface area contributed by atoms with Crippen LogP contribution in [0.3, 0.4) is 0 Å². The van der Waals surface area contributed by atoms with Gasteiger partial charge in [-0.1, -0.05) is 60.7 Å². The second kappa shape index (κ2) is 9.50. The van der Waals surface area contributed by atoms with Gasteiger partial charge in [0.1, 0.15) is 28.5 Å². The Morgan fingerprint density at radius 1 is 0.707 bits per heavy atom. The first-order valence-electron chi connectivity index (χ1n) is 13.1. The molecule has 0 fully saturated rings. The van der Waals surface area contributed by atoms with E-state index in [1.807, 2.05) is 79.7 Å². The van der Waals surface area contributed by atoms with Crippen LogP contribution < -0.4 is 10.1 Å². The lowest BCUT2D eigenvalue weighted by Crippen LogP contribution is -2.15. The minimum atomic E-state index is -0.181. The van der Waals surface area contributed by atoms with Gasteiger partial charge in [-0.2, -0.15) is 0 Å². The molecule has 1 aliphatic carbocycles. The normalized spacial score (nSPS) is 11.8. The third-order valence-electron chi connectivity index (χ3n) is 7.20. The lowest BCUT2D eigenvalue weighted by Gasteiger charge is -2.25. The van der Waals surface area contributed by atoms with Crippen molar-refractivity contribution in [3.8, 4) is 45.4 Å². The van der Waals surface area contributed by atoms with Crippen molar-refractivity contribution in [2.75, 3.05) is 5.32 Å². The molecule has 0 aliphatic heterocycles. The van der Waals surface area contributed by atoms with Gasteiger partial charge in [-0.25, -0.2) is 0 Å². The molecule has 1 aromatic heterocycles. The number of anilines is 2. The molecule has 0 radical (unpaired) electrons. The van der Waals surface area contributed by atoms with Crippen LogP contribution in [0.25, 0.3) is 33.3 Å². The van der Waals surface area contributed by atoms with E-state index < -0.39 is 0 Å². The van der Waals surface area contributed by atoms with Gasteiger partial charge < -0.3 is 20.3 Å². The fourth-order valence-corrected chi connectivity index (χ4v) is 5.40. The van der Waals surface area contributed by atoms with Gasteiger partial charge in [0.15, 0.2) is 11.5 Å². The summed E-state index contributed by atoms with van der Waals surface area (Å²) in [7, 11) is 0. The third-order valence-corrected chi connectivity index (χ3v) is 7.20. The molecule has 6 aromatic rings. The summed E-state index contributed by atoms with van der Waals surface area (Å²) in [5, 5.41) is 34.6. The SMILES string of the molecule is Cc1cccc(Oc2cc(Nc3ccccc3)c3c4c(c(-c5c(O)cccc5O)nnc24)-c2ccccc2C3=O)c1. The number of carbonyl (C=O) groups is 1. The highest BCUT2D eigenvalue weighted by molar-refractivity contribution is 6.30. The van der Waals surface area contributed by atoms with Crippen LogP contribution in [-0.4, -0.2) is 26.2 Å². The van der Waals surface area contributed by atoms with Gasteiger partial charge in [-0.05, 0) is 54.4 Å². The molecule has 0 saturated heterocycles. The van der Waals surface area contributed by atoms with Gasteiger partial charge in [-0.3, -0.25) is 4.79 Å². The van der Waals surface area contributed by atoms with Crippen molar-refractivity contribution in [2.45, 2.75) is 6.92 Å². The molecule has 1 aliphatic rings. The van der Waals surface area contributed by atoms with Crippen LogP contribution in [0.2, 0.25) is 0 Å². The van der Waals surface area contributed by atoms with Gasteiger partial charge >= 0.3 is 0 Å². The summed E-state index contributed by atoms with van der Waals surface area (Å²) in [6.07, 6.45) is 0. The van der Waals surface area contributed by atoms with Crippen molar-refractivity contribution in [2.24, 2.45) is 0 Å². The van der Waals surface area contributed by atoms with Crippen molar-refractivity contribution in [3.05, 3.63) is 120 Å². The topological polar surface area (TPSA) is 105 Å². The maximum Gasteiger partial charge on any atom is 0.196 e. The zero-order chi connectivity index (χ0) is 28.1. The number of fused-ring (bicyclic) bond motifs is 2. The Balaban J connectivity index is 1.60. The Labute approximate surface area is 235 Å². The Hall–Kier alpha value is -5.69. The number of benzene rings is 5. The first-order valence-corrected chi connectivity index (χ1v) is 13.1. The van der Waals surface area contributed by atoms with Crippen LogP contribution in [0.15, 0.2) is 103 Å². The van der Waals surface area contributed by atoms with Gasteiger partial charge in [0.2, 0.25) is 0 Å². The molecular formula is C34H23N3O4. The summed E-state index contributed by atoms with van der Waals surface area (Å²) >= 11 is 0. The Kier molecular flexibility index (Phi) is 5.64. The van der Waals surface area contributed by atoms with Crippen LogP contribution in [0.1, 0.15) is 21.5 Å². The molecule has 198 valence electrons. The summed E-state index contributed by atoms with van der Waals surface area (Å²) < 4.78 is 6.39. The van der Waals surface area contributed by atoms with Crippen LogP contribution in [0.4, 0.5) is 11.4 Å². The fraction of sp³-hybridized carbons (Fsp3) is 0.0294. The minimum absolute atomic E-state index is 0.134. The molecule has 0 saturated carbocycles. The van der Waals surface area contributed by atoms with Gasteiger partial charge in [0, 0.05) is 28.3 Å². The van der Waals surface area contributed by atoms with Crippen molar-refractivity contribution in [1.29, 1.82) is 0 Å². The van der Waals surface area contributed by atoms with Crippen molar-refractivity contribution in [1.82, 2.24) is 10.2 Å². The van der Waals surface area contributed by atoms with Crippen LogP contribution in [0.5, 0.6) is 23.0 Å². The third kappa shape index (κ3) is 4.03. The molecule has 0 bridgehead atoms. The van der Waals surface area contributed by atoms with Crippen molar-refractivity contribution < 1.29 is 19.7 Å². The van der Waals surface area contributed by atoms with E-state index in [1.165, 1.54) is 12.1 Å². The number of aromatic hydroxyl groups is 2.